The van der Waals surface area contributed by atoms with Crippen LogP contribution in [0.25, 0.3) is 87.5 Å². The highest BCUT2D eigenvalue weighted by Gasteiger charge is 2.49. The Kier molecular flexibility index (Phi) is 7.98. The molecule has 2 saturated carbocycles. The van der Waals surface area contributed by atoms with Gasteiger partial charge in [-0.05, 0) is 129 Å². The summed E-state index contributed by atoms with van der Waals surface area (Å²) in [6.45, 7) is 0. The van der Waals surface area contributed by atoms with E-state index in [9.17, 15) is 0 Å². The number of hydrogen-bond donors (Lipinski definition) is 0. The molecule has 4 aliphatic carbocycles. The lowest BCUT2D eigenvalue weighted by atomic mass is 9.66. The summed E-state index contributed by atoms with van der Waals surface area (Å²) < 4.78 is 1.23. The zero-order chi connectivity index (χ0) is 40.1. The maximum absolute atomic E-state index is 5.31. The predicted molar refractivity (Wildman–Crippen MR) is 255 cm³/mol. The molecule has 0 unspecified atom stereocenters. The molecule has 0 N–H and O–H groups in total. The molecule has 294 valence electrons. The molecule has 0 bridgehead atoms. The standard InChI is InChI=1S/C58H46N2S/c1-4-16-37(17-5-1)54-53-44-23-7-9-25-52(44)61-56(53)60-55(59-54)42-21-15-20-40(33-42)38-18-14-19-39(32-38)41-26-27-49-45(34-41)47-36-50-46(35-51(47)58(49)30-12-3-13-31-58)43-22-6-8-24-48(43)57(50)28-10-2-11-29-57/h1,4-9,14-27,32-36H,2-3,10-13,28-31H2. The molecular weight excluding hydrogens is 757 g/mol. The second-order valence-corrected chi connectivity index (χ2v) is 19.3. The lowest BCUT2D eigenvalue weighted by molar-refractivity contribution is 0.350. The van der Waals surface area contributed by atoms with Gasteiger partial charge in [0.1, 0.15) is 4.83 Å². The number of fused-ring (bicyclic) bond motifs is 13. The smallest absolute Gasteiger partial charge is 0.161 e. The number of benzene rings is 7. The number of thiophene rings is 1. The molecule has 2 aromatic heterocycles. The molecule has 2 fully saturated rings. The molecule has 2 nitrogen and oxygen atoms in total. The summed E-state index contributed by atoms with van der Waals surface area (Å²) >= 11 is 1.75. The van der Waals surface area contributed by atoms with Crippen molar-refractivity contribution in [1.29, 1.82) is 0 Å². The highest BCUT2D eigenvalue weighted by atomic mass is 32.1. The van der Waals surface area contributed by atoms with E-state index in [1.165, 1.54) is 119 Å². The summed E-state index contributed by atoms with van der Waals surface area (Å²) in [6.07, 6.45) is 13.0. The third-order valence-corrected chi connectivity index (χ3v) is 16.2. The first-order valence-corrected chi connectivity index (χ1v) is 23.4. The van der Waals surface area contributed by atoms with Gasteiger partial charge in [-0.15, -0.1) is 11.3 Å². The average Bonchev–Trinajstić information content (AvgIpc) is 3.93. The van der Waals surface area contributed by atoms with E-state index in [1.807, 2.05) is 0 Å². The van der Waals surface area contributed by atoms with Crippen molar-refractivity contribution >= 4 is 31.6 Å². The zero-order valence-electron chi connectivity index (χ0n) is 34.4. The van der Waals surface area contributed by atoms with Gasteiger partial charge >= 0.3 is 0 Å². The maximum Gasteiger partial charge on any atom is 0.161 e. The predicted octanol–water partition coefficient (Wildman–Crippen LogP) is 16.0. The first-order chi connectivity index (χ1) is 30.2. The first-order valence-electron chi connectivity index (χ1n) is 22.6. The number of rotatable bonds is 4. The molecule has 0 amide bonds. The van der Waals surface area contributed by atoms with Gasteiger partial charge in [0.05, 0.1) is 5.69 Å². The molecule has 3 heteroatoms. The van der Waals surface area contributed by atoms with Gasteiger partial charge in [-0.25, -0.2) is 9.97 Å². The summed E-state index contributed by atoms with van der Waals surface area (Å²) in [5.74, 6) is 0.759. The molecule has 7 aromatic carbocycles. The van der Waals surface area contributed by atoms with E-state index >= 15 is 0 Å². The fraction of sp³-hybridized carbons (Fsp3) is 0.207. The van der Waals surface area contributed by atoms with Gasteiger partial charge < -0.3 is 0 Å². The van der Waals surface area contributed by atoms with E-state index in [-0.39, 0.29) is 10.8 Å². The molecule has 0 radical (unpaired) electrons. The van der Waals surface area contributed by atoms with Crippen LogP contribution in [0, 0.1) is 0 Å². The quantitative estimate of drug-likeness (QED) is 0.177. The number of nitrogens with zero attached hydrogens (tertiary/aromatic N) is 2. The molecule has 0 atom stereocenters. The summed E-state index contributed by atoms with van der Waals surface area (Å²) in [7, 11) is 0. The molecule has 9 aromatic rings. The minimum absolute atomic E-state index is 0.108. The van der Waals surface area contributed by atoms with Gasteiger partial charge in [-0.1, -0.05) is 160 Å². The second-order valence-electron chi connectivity index (χ2n) is 18.2. The maximum atomic E-state index is 5.31. The van der Waals surface area contributed by atoms with Crippen LogP contribution in [0.3, 0.4) is 0 Å². The van der Waals surface area contributed by atoms with Gasteiger partial charge in [0.2, 0.25) is 0 Å². The van der Waals surface area contributed by atoms with Crippen LogP contribution in [-0.4, -0.2) is 9.97 Å². The van der Waals surface area contributed by atoms with Crippen LogP contribution in [0.1, 0.15) is 86.5 Å². The molecule has 2 spiro atoms. The van der Waals surface area contributed by atoms with E-state index in [0.717, 1.165) is 32.9 Å². The van der Waals surface area contributed by atoms with Crippen molar-refractivity contribution in [1.82, 2.24) is 9.97 Å². The summed E-state index contributed by atoms with van der Waals surface area (Å²) in [5.41, 5.74) is 20.6. The molecule has 2 heterocycles. The Labute approximate surface area is 362 Å². The van der Waals surface area contributed by atoms with E-state index in [2.05, 4.69) is 158 Å². The van der Waals surface area contributed by atoms with Crippen molar-refractivity contribution in [3.05, 3.63) is 180 Å². The lowest BCUT2D eigenvalue weighted by Gasteiger charge is -2.37. The number of hydrogen-bond acceptors (Lipinski definition) is 3. The van der Waals surface area contributed by atoms with Gasteiger partial charge in [-0.2, -0.15) is 0 Å². The van der Waals surface area contributed by atoms with Crippen LogP contribution < -0.4 is 0 Å². The first kappa shape index (κ1) is 35.6. The van der Waals surface area contributed by atoms with E-state index in [1.54, 1.807) is 33.6 Å². The van der Waals surface area contributed by atoms with Crippen molar-refractivity contribution in [2.75, 3.05) is 0 Å². The highest BCUT2D eigenvalue weighted by molar-refractivity contribution is 7.25. The van der Waals surface area contributed by atoms with Crippen molar-refractivity contribution in [2.24, 2.45) is 0 Å². The van der Waals surface area contributed by atoms with Crippen LogP contribution in [0.2, 0.25) is 0 Å². The molecule has 0 saturated heterocycles. The normalized spacial score (nSPS) is 16.8. The third-order valence-electron chi connectivity index (χ3n) is 15.1. The van der Waals surface area contributed by atoms with Crippen LogP contribution in [0.15, 0.2) is 158 Å². The Morgan fingerprint density at radius 3 is 1.64 bits per heavy atom. The minimum Gasteiger partial charge on any atom is -0.227 e. The van der Waals surface area contributed by atoms with E-state index in [0.29, 0.717) is 0 Å². The molecule has 13 rings (SSSR count). The summed E-state index contributed by atoms with van der Waals surface area (Å²) in [5, 5.41) is 2.35. The fourth-order valence-corrected chi connectivity index (χ4v) is 13.4. The Balaban J connectivity index is 0.911. The van der Waals surface area contributed by atoms with E-state index in [4.69, 9.17) is 9.97 Å². The Morgan fingerprint density at radius 2 is 0.918 bits per heavy atom. The van der Waals surface area contributed by atoms with Gasteiger partial charge in [0.15, 0.2) is 5.82 Å². The third kappa shape index (κ3) is 5.32. The minimum atomic E-state index is 0.108. The van der Waals surface area contributed by atoms with Crippen molar-refractivity contribution in [3.8, 4) is 67.2 Å². The topological polar surface area (TPSA) is 25.8 Å². The van der Waals surface area contributed by atoms with Crippen molar-refractivity contribution in [3.63, 3.8) is 0 Å². The van der Waals surface area contributed by atoms with E-state index < -0.39 is 0 Å². The molecule has 61 heavy (non-hydrogen) atoms. The number of aromatic nitrogens is 2. The Bertz CT molecular complexity index is 3210. The SMILES string of the molecule is c1ccc(-c2nc(-c3cccc(-c4cccc(-c5ccc6c(c5)-c5cc7c(cc5C65CCCCC5)-c5ccccc5C75CCCCC5)c4)c3)nc3sc4ccccc4c23)cc1. The Hall–Kier alpha value is -6.16. The Morgan fingerprint density at radius 1 is 0.377 bits per heavy atom. The monoisotopic (exact) mass is 802 g/mol. The zero-order valence-corrected chi connectivity index (χ0v) is 35.2. The van der Waals surface area contributed by atoms with Crippen LogP contribution in [0.5, 0.6) is 0 Å². The van der Waals surface area contributed by atoms with Crippen LogP contribution in [-0.2, 0) is 10.8 Å². The summed E-state index contributed by atoms with van der Waals surface area (Å²) in [4.78, 5) is 11.6. The highest BCUT2D eigenvalue weighted by Crippen LogP contribution is 2.62. The van der Waals surface area contributed by atoms with Crippen molar-refractivity contribution < 1.29 is 0 Å². The summed E-state index contributed by atoms with van der Waals surface area (Å²) in [6, 6.07) is 59.4. The van der Waals surface area contributed by atoms with Crippen LogP contribution >= 0.6 is 11.3 Å². The average molecular weight is 803 g/mol. The van der Waals surface area contributed by atoms with Gasteiger partial charge in [0, 0.05) is 37.4 Å². The molecule has 0 aliphatic heterocycles. The fourth-order valence-electron chi connectivity index (χ4n) is 12.3. The second kappa shape index (κ2) is 13.7. The molecular formula is C58H46N2S. The van der Waals surface area contributed by atoms with Gasteiger partial charge in [0.25, 0.3) is 0 Å². The molecule has 4 aliphatic rings. The lowest BCUT2D eigenvalue weighted by Crippen LogP contribution is -2.29. The van der Waals surface area contributed by atoms with Crippen LogP contribution in [0.4, 0.5) is 0 Å². The van der Waals surface area contributed by atoms with Gasteiger partial charge in [-0.3, -0.25) is 0 Å². The largest absolute Gasteiger partial charge is 0.227 e. The van der Waals surface area contributed by atoms with Crippen molar-refractivity contribution in [2.45, 2.75) is 75.0 Å².